The molecule has 0 aromatic carbocycles. The van der Waals surface area contributed by atoms with E-state index >= 15 is 0 Å². The van der Waals surface area contributed by atoms with Crippen LogP contribution >= 0.6 is 0 Å². The molecule has 1 rings (SSSR count). The van der Waals surface area contributed by atoms with Crippen molar-refractivity contribution < 1.29 is 22.8 Å². The third-order valence-corrected chi connectivity index (χ3v) is 5.31. The molecule has 2 unspecified atom stereocenters. The van der Waals surface area contributed by atoms with Gasteiger partial charge in [-0.1, -0.05) is 6.08 Å². The molecule has 1 heterocycles. The molecule has 0 aliphatic carbocycles. The van der Waals surface area contributed by atoms with E-state index in [4.69, 9.17) is 22.8 Å². The van der Waals surface area contributed by atoms with E-state index in [-0.39, 0.29) is 12.2 Å². The molecular weight excluding hydrogens is 228 g/mol. The number of epoxide rings is 1. The molecule has 0 amide bonds. The van der Waals surface area contributed by atoms with Crippen molar-refractivity contribution in [3.05, 3.63) is 12.7 Å². The second-order valence-corrected chi connectivity index (χ2v) is 6.56. The molecule has 0 saturated carbocycles. The number of rotatable bonds is 9. The van der Waals surface area contributed by atoms with Crippen molar-refractivity contribution in [1.82, 2.24) is 0 Å². The highest BCUT2D eigenvalue weighted by atomic mass is 28.4. The molecule has 1 aliphatic heterocycles. The summed E-state index contributed by atoms with van der Waals surface area (Å²) in [5.41, 5.74) is 0. The van der Waals surface area contributed by atoms with Gasteiger partial charge in [0.2, 0.25) is 0 Å². The van der Waals surface area contributed by atoms with Gasteiger partial charge in [0.25, 0.3) is 0 Å². The van der Waals surface area contributed by atoms with Gasteiger partial charge in [0.05, 0.1) is 19.3 Å². The minimum Gasteiger partial charge on any atom is -0.377 e. The van der Waals surface area contributed by atoms with Gasteiger partial charge in [0.1, 0.15) is 6.10 Å². The van der Waals surface area contributed by atoms with Crippen LogP contribution in [0.25, 0.3) is 0 Å². The van der Waals surface area contributed by atoms with E-state index in [0.717, 1.165) is 6.61 Å². The first-order valence-electron chi connectivity index (χ1n) is 5.21. The minimum absolute atomic E-state index is 0.129. The van der Waals surface area contributed by atoms with Crippen molar-refractivity contribution in [2.75, 3.05) is 34.5 Å². The Morgan fingerprint density at radius 1 is 1.38 bits per heavy atom. The van der Waals surface area contributed by atoms with Gasteiger partial charge in [0, 0.05) is 27.4 Å². The summed E-state index contributed by atoms with van der Waals surface area (Å²) in [4.78, 5) is 0. The van der Waals surface area contributed by atoms with E-state index in [1.54, 1.807) is 27.4 Å². The molecule has 5 nitrogen and oxygen atoms in total. The lowest BCUT2D eigenvalue weighted by atomic mass is 10.4. The third-order valence-electron chi connectivity index (χ3n) is 2.55. The standard InChI is InChI=1S/C10H20O5Si/c1-5-9(14-6-10-7-15-10)8-16(11-2,12-3)13-4/h5,9-10H,1,6-8H2,2-4H3. The van der Waals surface area contributed by atoms with Crippen LogP contribution in [0.4, 0.5) is 0 Å². The highest BCUT2D eigenvalue weighted by Crippen LogP contribution is 2.19. The number of hydrogen-bond donors (Lipinski definition) is 0. The van der Waals surface area contributed by atoms with E-state index in [1.807, 2.05) is 0 Å². The molecule has 16 heavy (non-hydrogen) atoms. The fraction of sp³-hybridized carbons (Fsp3) is 0.800. The van der Waals surface area contributed by atoms with Crippen molar-refractivity contribution in [2.45, 2.75) is 18.3 Å². The molecule has 0 N–H and O–H groups in total. The van der Waals surface area contributed by atoms with Crippen LogP contribution in [0.1, 0.15) is 0 Å². The molecule has 0 aromatic rings. The Hall–Kier alpha value is -0.243. The Morgan fingerprint density at radius 3 is 2.31 bits per heavy atom. The summed E-state index contributed by atoms with van der Waals surface area (Å²) in [6.45, 7) is 5.10. The van der Waals surface area contributed by atoms with Crippen LogP contribution in [0.15, 0.2) is 12.7 Å². The van der Waals surface area contributed by atoms with Gasteiger partial charge in [-0.15, -0.1) is 6.58 Å². The largest absolute Gasteiger partial charge is 0.503 e. The Labute approximate surface area is 97.6 Å². The van der Waals surface area contributed by atoms with Gasteiger partial charge in [-0.2, -0.15) is 0 Å². The molecule has 1 aliphatic rings. The highest BCUT2D eigenvalue weighted by Gasteiger charge is 2.40. The van der Waals surface area contributed by atoms with Crippen molar-refractivity contribution >= 4 is 8.80 Å². The Bertz CT molecular complexity index is 207. The molecule has 0 aromatic heterocycles. The van der Waals surface area contributed by atoms with Crippen LogP contribution in [0.3, 0.4) is 0 Å². The first-order valence-corrected chi connectivity index (χ1v) is 7.14. The van der Waals surface area contributed by atoms with Crippen molar-refractivity contribution in [1.29, 1.82) is 0 Å². The normalized spacial score (nSPS) is 21.8. The molecule has 2 atom stereocenters. The predicted molar refractivity (Wildman–Crippen MR) is 61.3 cm³/mol. The van der Waals surface area contributed by atoms with Crippen molar-refractivity contribution in [2.24, 2.45) is 0 Å². The van der Waals surface area contributed by atoms with E-state index in [9.17, 15) is 0 Å². The van der Waals surface area contributed by atoms with E-state index < -0.39 is 8.80 Å². The monoisotopic (exact) mass is 248 g/mol. The zero-order valence-electron chi connectivity index (χ0n) is 10.1. The summed E-state index contributed by atoms with van der Waals surface area (Å²) in [5, 5.41) is 0. The predicted octanol–water partition coefficient (Wildman–Crippen LogP) is 0.834. The van der Waals surface area contributed by atoms with Gasteiger partial charge >= 0.3 is 8.80 Å². The van der Waals surface area contributed by atoms with Crippen LogP contribution < -0.4 is 0 Å². The van der Waals surface area contributed by atoms with Crippen LogP contribution in [0.5, 0.6) is 0 Å². The molecule has 0 spiro atoms. The Balaban J connectivity index is 2.41. The summed E-state index contributed by atoms with van der Waals surface area (Å²) in [7, 11) is 2.17. The van der Waals surface area contributed by atoms with Crippen LogP contribution in [-0.2, 0) is 22.8 Å². The average Bonchev–Trinajstić information content (AvgIpc) is 3.14. The molecule has 6 heteroatoms. The molecule has 94 valence electrons. The second-order valence-electron chi connectivity index (χ2n) is 3.56. The van der Waals surface area contributed by atoms with Crippen molar-refractivity contribution in [3.63, 3.8) is 0 Å². The SMILES string of the molecule is C=CC(C[Si](OC)(OC)OC)OCC1CO1. The van der Waals surface area contributed by atoms with Gasteiger partial charge < -0.3 is 22.8 Å². The molecule has 1 fully saturated rings. The smallest absolute Gasteiger partial charge is 0.377 e. The van der Waals surface area contributed by atoms with Gasteiger partial charge in [-0.05, 0) is 0 Å². The highest BCUT2D eigenvalue weighted by molar-refractivity contribution is 6.60. The zero-order valence-corrected chi connectivity index (χ0v) is 11.1. The van der Waals surface area contributed by atoms with Crippen LogP contribution in [-0.4, -0.2) is 55.6 Å². The zero-order chi connectivity index (χ0) is 12.0. The van der Waals surface area contributed by atoms with E-state index in [0.29, 0.717) is 12.7 Å². The van der Waals surface area contributed by atoms with Crippen LogP contribution in [0, 0.1) is 0 Å². The summed E-state index contributed by atoms with van der Waals surface area (Å²) in [6.07, 6.45) is 1.85. The maximum Gasteiger partial charge on any atom is 0.503 e. The Morgan fingerprint density at radius 2 is 1.94 bits per heavy atom. The average molecular weight is 248 g/mol. The van der Waals surface area contributed by atoms with Crippen LogP contribution in [0.2, 0.25) is 6.04 Å². The first-order chi connectivity index (χ1) is 7.69. The maximum atomic E-state index is 5.63. The second kappa shape index (κ2) is 6.48. The summed E-state index contributed by atoms with van der Waals surface area (Å²) in [5.74, 6) is 0. The third kappa shape index (κ3) is 3.97. The molecule has 1 saturated heterocycles. The molecular formula is C10H20O5Si. The fourth-order valence-electron chi connectivity index (χ4n) is 1.35. The summed E-state index contributed by atoms with van der Waals surface area (Å²) >= 11 is 0. The Kier molecular flexibility index (Phi) is 5.60. The number of hydrogen-bond acceptors (Lipinski definition) is 5. The lowest BCUT2D eigenvalue weighted by Gasteiger charge is -2.27. The fourth-order valence-corrected chi connectivity index (χ4v) is 3.13. The first kappa shape index (κ1) is 13.8. The molecule has 0 radical (unpaired) electrons. The summed E-state index contributed by atoms with van der Waals surface area (Å²) in [6, 6.07) is 0.562. The van der Waals surface area contributed by atoms with E-state index in [2.05, 4.69) is 6.58 Å². The lowest BCUT2D eigenvalue weighted by Crippen LogP contribution is -2.45. The van der Waals surface area contributed by atoms with E-state index in [1.165, 1.54) is 0 Å². The van der Waals surface area contributed by atoms with Gasteiger partial charge in [0.15, 0.2) is 0 Å². The summed E-state index contributed by atoms with van der Waals surface area (Å²) < 4.78 is 26.7. The number of ether oxygens (including phenoxy) is 2. The topological polar surface area (TPSA) is 49.5 Å². The van der Waals surface area contributed by atoms with Crippen molar-refractivity contribution in [3.8, 4) is 0 Å². The lowest BCUT2D eigenvalue weighted by molar-refractivity contribution is 0.0575. The molecule has 0 bridgehead atoms. The quantitative estimate of drug-likeness (QED) is 0.344. The minimum atomic E-state index is -2.59. The van der Waals surface area contributed by atoms with Gasteiger partial charge in [-0.3, -0.25) is 0 Å². The maximum absolute atomic E-state index is 5.63. The van der Waals surface area contributed by atoms with Gasteiger partial charge in [-0.25, -0.2) is 0 Å².